The number of hydrogen-bond acceptors (Lipinski definition) is 4. The van der Waals surface area contributed by atoms with Gasteiger partial charge in [-0.25, -0.2) is 9.97 Å². The van der Waals surface area contributed by atoms with E-state index in [1.807, 2.05) is 11.8 Å². The third kappa shape index (κ3) is 4.62. The van der Waals surface area contributed by atoms with Crippen molar-refractivity contribution in [2.75, 3.05) is 5.73 Å². The average Bonchev–Trinajstić information content (AvgIpc) is 2.18. The van der Waals surface area contributed by atoms with Gasteiger partial charge < -0.3 is 5.73 Å². The van der Waals surface area contributed by atoms with Crippen molar-refractivity contribution in [3.63, 3.8) is 0 Å². The summed E-state index contributed by atoms with van der Waals surface area (Å²) in [4.78, 5) is 8.97. The number of aromatic nitrogens is 2. The highest BCUT2D eigenvalue weighted by Crippen LogP contribution is 2.28. The van der Waals surface area contributed by atoms with Gasteiger partial charge in [0, 0.05) is 4.75 Å². The van der Waals surface area contributed by atoms with Gasteiger partial charge in [0.25, 0.3) is 0 Å². The van der Waals surface area contributed by atoms with Crippen LogP contribution in [-0.4, -0.2) is 14.7 Å². The summed E-state index contributed by atoms with van der Waals surface area (Å²) in [6.07, 6.45) is 0. The summed E-state index contributed by atoms with van der Waals surface area (Å²) in [7, 11) is 0. The van der Waals surface area contributed by atoms with E-state index in [1.165, 1.54) is 0 Å². The van der Waals surface area contributed by atoms with Crippen LogP contribution in [0.15, 0.2) is 0 Å². The van der Waals surface area contributed by atoms with Crippen LogP contribution in [0, 0.1) is 3.57 Å². The van der Waals surface area contributed by atoms with Crippen molar-refractivity contribution in [3.8, 4) is 0 Å². The second-order valence-corrected chi connectivity index (χ2v) is 8.16. The van der Waals surface area contributed by atoms with E-state index >= 15 is 0 Å². The van der Waals surface area contributed by atoms with E-state index < -0.39 is 0 Å². The quantitative estimate of drug-likeness (QED) is 0.828. The Kier molecular flexibility index (Phi) is 5.07. The van der Waals surface area contributed by atoms with Crippen LogP contribution < -0.4 is 5.73 Å². The normalized spacial score (nSPS) is 12.2. The number of nitrogen functional groups attached to an aromatic ring is 1. The molecule has 0 aliphatic carbocycles. The molecule has 0 aliphatic rings. The first kappa shape index (κ1) is 15.0. The van der Waals surface area contributed by atoms with E-state index in [0.29, 0.717) is 11.7 Å². The number of nitrogens with zero attached hydrogens (tertiary/aromatic N) is 2. The molecule has 0 unspecified atom stereocenters. The SMILES string of the molecule is CC(C)c1nc(CSC(C)(C)C)nc(N)c1I. The fourth-order valence-electron chi connectivity index (χ4n) is 1.26. The number of rotatable bonds is 3. The van der Waals surface area contributed by atoms with E-state index in [4.69, 9.17) is 5.73 Å². The molecule has 0 spiro atoms. The lowest BCUT2D eigenvalue weighted by Gasteiger charge is -2.18. The van der Waals surface area contributed by atoms with Gasteiger partial charge in [0.1, 0.15) is 11.6 Å². The summed E-state index contributed by atoms with van der Waals surface area (Å²) < 4.78 is 1.21. The Hall–Kier alpha value is -0.0400. The van der Waals surface area contributed by atoms with Gasteiger partial charge in [0.2, 0.25) is 0 Å². The van der Waals surface area contributed by atoms with Gasteiger partial charge in [0.15, 0.2) is 0 Å². The number of nitrogens with two attached hydrogens (primary N) is 1. The van der Waals surface area contributed by atoms with E-state index in [2.05, 4.69) is 67.2 Å². The van der Waals surface area contributed by atoms with Crippen LogP contribution in [0.5, 0.6) is 0 Å². The monoisotopic (exact) mass is 365 g/mol. The molecule has 96 valence electrons. The number of hydrogen-bond donors (Lipinski definition) is 1. The minimum Gasteiger partial charge on any atom is -0.383 e. The van der Waals surface area contributed by atoms with E-state index in [1.54, 1.807) is 0 Å². The number of anilines is 1. The Bertz CT molecular complexity index is 399. The average molecular weight is 365 g/mol. The predicted octanol–water partition coefficient (Wildman–Crippen LogP) is 3.82. The molecule has 1 rings (SSSR count). The largest absolute Gasteiger partial charge is 0.383 e. The van der Waals surface area contributed by atoms with Gasteiger partial charge in [0.05, 0.1) is 15.0 Å². The number of thioether (sulfide) groups is 1. The lowest BCUT2D eigenvalue weighted by atomic mass is 10.1. The van der Waals surface area contributed by atoms with Crippen molar-refractivity contribution < 1.29 is 0 Å². The summed E-state index contributed by atoms with van der Waals surface area (Å²) in [6, 6.07) is 0. The molecule has 0 aromatic carbocycles. The van der Waals surface area contributed by atoms with Crippen molar-refractivity contribution in [2.45, 2.75) is 51.0 Å². The predicted molar refractivity (Wildman–Crippen MR) is 84.3 cm³/mol. The third-order valence-corrected chi connectivity index (χ3v) is 4.50. The second-order valence-electron chi connectivity index (χ2n) is 5.28. The Morgan fingerprint density at radius 3 is 2.35 bits per heavy atom. The second kappa shape index (κ2) is 5.73. The molecule has 5 heteroatoms. The Morgan fingerprint density at radius 1 is 1.29 bits per heavy atom. The molecule has 0 bridgehead atoms. The maximum atomic E-state index is 5.93. The van der Waals surface area contributed by atoms with Crippen molar-refractivity contribution >= 4 is 40.2 Å². The fourth-order valence-corrected chi connectivity index (χ4v) is 2.82. The summed E-state index contributed by atoms with van der Waals surface area (Å²) in [5.41, 5.74) is 6.99. The molecule has 0 radical (unpaired) electrons. The first-order valence-electron chi connectivity index (χ1n) is 5.66. The van der Waals surface area contributed by atoms with Gasteiger partial charge in [-0.3, -0.25) is 0 Å². The van der Waals surface area contributed by atoms with Crippen LogP contribution in [0.1, 0.15) is 52.1 Å². The van der Waals surface area contributed by atoms with Gasteiger partial charge in [-0.05, 0) is 28.5 Å². The minimum atomic E-state index is 0.221. The number of halogens is 1. The van der Waals surface area contributed by atoms with Crippen LogP contribution in [0.2, 0.25) is 0 Å². The molecule has 0 aliphatic heterocycles. The highest BCUT2D eigenvalue weighted by Gasteiger charge is 2.16. The van der Waals surface area contributed by atoms with Gasteiger partial charge in [-0.15, -0.1) is 11.8 Å². The van der Waals surface area contributed by atoms with Gasteiger partial charge >= 0.3 is 0 Å². The van der Waals surface area contributed by atoms with Crippen LogP contribution >= 0.6 is 34.4 Å². The Labute approximate surface area is 122 Å². The summed E-state index contributed by atoms with van der Waals surface area (Å²) >= 11 is 4.06. The summed E-state index contributed by atoms with van der Waals surface area (Å²) in [5, 5.41) is 0. The molecule has 3 nitrogen and oxygen atoms in total. The highest BCUT2D eigenvalue weighted by molar-refractivity contribution is 14.1. The van der Waals surface area contributed by atoms with Gasteiger partial charge in [-0.1, -0.05) is 34.6 Å². The van der Waals surface area contributed by atoms with Crippen molar-refractivity contribution in [3.05, 3.63) is 15.1 Å². The standard InChI is InChI=1S/C12H20IN3S/c1-7(2)10-9(13)11(14)16-8(15-10)6-17-12(3,4)5/h7H,6H2,1-5H3,(H2,14,15,16). The Balaban J connectivity index is 2.95. The zero-order valence-corrected chi connectivity index (χ0v) is 14.0. The van der Waals surface area contributed by atoms with Crippen LogP contribution in [0.3, 0.4) is 0 Å². The molecular weight excluding hydrogens is 345 g/mol. The van der Waals surface area contributed by atoms with Gasteiger partial charge in [-0.2, -0.15) is 0 Å². The maximum absolute atomic E-state index is 5.93. The maximum Gasteiger partial charge on any atom is 0.140 e. The third-order valence-electron chi connectivity index (χ3n) is 2.13. The molecule has 0 amide bonds. The molecular formula is C12H20IN3S. The summed E-state index contributed by atoms with van der Waals surface area (Å²) in [5.74, 6) is 2.63. The smallest absolute Gasteiger partial charge is 0.140 e. The molecule has 2 N–H and O–H groups in total. The van der Waals surface area contributed by atoms with Crippen molar-refractivity contribution in [1.29, 1.82) is 0 Å². The molecule has 0 atom stereocenters. The molecule has 0 fully saturated rings. The zero-order valence-electron chi connectivity index (χ0n) is 11.0. The molecule has 0 saturated heterocycles. The first-order chi connectivity index (χ1) is 7.70. The Morgan fingerprint density at radius 2 is 1.88 bits per heavy atom. The molecule has 1 aromatic rings. The van der Waals surface area contributed by atoms with Crippen LogP contribution in [-0.2, 0) is 5.75 Å². The van der Waals surface area contributed by atoms with E-state index in [9.17, 15) is 0 Å². The van der Waals surface area contributed by atoms with E-state index in [0.717, 1.165) is 20.8 Å². The van der Waals surface area contributed by atoms with Crippen LogP contribution in [0.4, 0.5) is 5.82 Å². The summed E-state index contributed by atoms with van der Waals surface area (Å²) in [6.45, 7) is 10.8. The first-order valence-corrected chi connectivity index (χ1v) is 7.73. The fraction of sp³-hybridized carbons (Fsp3) is 0.667. The molecule has 0 saturated carbocycles. The van der Waals surface area contributed by atoms with Crippen LogP contribution in [0.25, 0.3) is 0 Å². The van der Waals surface area contributed by atoms with Crippen molar-refractivity contribution in [2.24, 2.45) is 0 Å². The highest BCUT2D eigenvalue weighted by atomic mass is 127. The van der Waals surface area contributed by atoms with E-state index in [-0.39, 0.29) is 4.75 Å². The topological polar surface area (TPSA) is 51.8 Å². The molecule has 17 heavy (non-hydrogen) atoms. The minimum absolute atomic E-state index is 0.221. The molecule has 1 aromatic heterocycles. The molecule has 1 heterocycles. The lowest BCUT2D eigenvalue weighted by molar-refractivity contribution is 0.784. The zero-order chi connectivity index (χ0) is 13.2. The van der Waals surface area contributed by atoms with Crippen molar-refractivity contribution in [1.82, 2.24) is 9.97 Å². The lowest BCUT2D eigenvalue weighted by Crippen LogP contribution is -2.11.